The van der Waals surface area contributed by atoms with E-state index in [9.17, 15) is 5.11 Å². The normalized spacial score (nSPS) is 11.2. The van der Waals surface area contributed by atoms with E-state index in [1.54, 1.807) is 16.8 Å². The van der Waals surface area contributed by atoms with Crippen LogP contribution in [0.2, 0.25) is 0 Å². The summed E-state index contributed by atoms with van der Waals surface area (Å²) in [6, 6.07) is 15.1. The van der Waals surface area contributed by atoms with Crippen LogP contribution in [0.25, 0.3) is 23.5 Å². The highest BCUT2D eigenvalue weighted by Gasteiger charge is 2.11. The lowest BCUT2D eigenvalue weighted by molar-refractivity contribution is 0.476. The Balaban J connectivity index is 1.89. The van der Waals surface area contributed by atoms with Crippen LogP contribution in [0.5, 0.6) is 5.75 Å². The first-order valence-corrected chi connectivity index (χ1v) is 7.56. The predicted octanol–water partition coefficient (Wildman–Crippen LogP) is 4.12. The second kappa shape index (κ2) is 6.15. The minimum Gasteiger partial charge on any atom is -0.507 e. The first-order chi connectivity index (χ1) is 10.6. The monoisotopic (exact) mass is 355 g/mol. The van der Waals surface area contributed by atoms with Crippen molar-refractivity contribution in [3.05, 3.63) is 64.4 Å². The number of phenolic OH excluding ortho intramolecular Hbond substituents is 1. The third-order valence-corrected chi connectivity index (χ3v) is 3.75. The molecule has 0 saturated carbocycles. The highest BCUT2D eigenvalue weighted by Crippen LogP contribution is 2.26. The molecule has 3 rings (SSSR count). The van der Waals surface area contributed by atoms with Crippen molar-refractivity contribution in [3.63, 3.8) is 0 Å². The number of hydrogen-bond donors (Lipinski definition) is 1. The van der Waals surface area contributed by atoms with Crippen LogP contribution in [0.3, 0.4) is 0 Å². The van der Waals surface area contributed by atoms with Gasteiger partial charge in [-0.25, -0.2) is 9.67 Å². The van der Waals surface area contributed by atoms with Gasteiger partial charge in [0.2, 0.25) is 0 Å². The Hall–Kier alpha value is -2.40. The molecular weight excluding hydrogens is 342 g/mol. The smallest absolute Gasteiger partial charge is 0.174 e. The van der Waals surface area contributed by atoms with Gasteiger partial charge in [0, 0.05) is 11.5 Å². The lowest BCUT2D eigenvalue weighted by atomic mass is 10.2. The number of aromatic hydroxyl groups is 1. The molecule has 4 nitrogen and oxygen atoms in total. The Labute approximate surface area is 136 Å². The van der Waals surface area contributed by atoms with Gasteiger partial charge in [0.05, 0.1) is 5.56 Å². The average Bonchev–Trinajstić information content (AvgIpc) is 2.88. The topological polar surface area (TPSA) is 50.9 Å². The summed E-state index contributed by atoms with van der Waals surface area (Å²) in [4.78, 5) is 4.47. The second-order valence-corrected chi connectivity index (χ2v) is 5.73. The lowest BCUT2D eigenvalue weighted by Gasteiger charge is -2.01. The van der Waals surface area contributed by atoms with Crippen molar-refractivity contribution in [2.75, 3.05) is 0 Å². The van der Waals surface area contributed by atoms with Crippen LogP contribution in [-0.4, -0.2) is 19.9 Å². The van der Waals surface area contributed by atoms with Gasteiger partial charge in [-0.2, -0.15) is 5.10 Å². The largest absolute Gasteiger partial charge is 0.507 e. The second-order valence-electron chi connectivity index (χ2n) is 4.82. The van der Waals surface area contributed by atoms with Gasteiger partial charge in [-0.15, -0.1) is 0 Å². The first kappa shape index (κ1) is 14.5. The predicted molar refractivity (Wildman–Crippen MR) is 91.2 cm³/mol. The molecule has 3 aromatic rings. The van der Waals surface area contributed by atoms with E-state index in [0.717, 1.165) is 10.0 Å². The number of phenols is 1. The Bertz CT molecular complexity index is 822. The highest BCUT2D eigenvalue weighted by atomic mass is 79.9. The van der Waals surface area contributed by atoms with E-state index >= 15 is 0 Å². The van der Waals surface area contributed by atoms with Gasteiger partial charge >= 0.3 is 0 Å². The van der Waals surface area contributed by atoms with E-state index in [1.165, 1.54) is 0 Å². The highest BCUT2D eigenvalue weighted by molar-refractivity contribution is 9.10. The molecule has 5 heteroatoms. The lowest BCUT2D eigenvalue weighted by Crippen LogP contribution is -1.94. The van der Waals surface area contributed by atoms with Gasteiger partial charge in [-0.1, -0.05) is 46.3 Å². The summed E-state index contributed by atoms with van der Waals surface area (Å²) in [5.41, 5.74) is 1.74. The number of benzene rings is 2. The van der Waals surface area contributed by atoms with Gasteiger partial charge in [-0.05, 0) is 35.9 Å². The molecule has 0 bridgehead atoms. The van der Waals surface area contributed by atoms with Crippen LogP contribution in [0.4, 0.5) is 0 Å². The number of halogens is 1. The Morgan fingerprint density at radius 3 is 2.50 bits per heavy atom. The van der Waals surface area contributed by atoms with Crippen molar-refractivity contribution in [1.29, 1.82) is 0 Å². The summed E-state index contributed by atoms with van der Waals surface area (Å²) >= 11 is 3.41. The van der Waals surface area contributed by atoms with E-state index in [4.69, 9.17) is 0 Å². The fourth-order valence-electron chi connectivity index (χ4n) is 2.12. The maximum atomic E-state index is 9.93. The van der Waals surface area contributed by atoms with Crippen LogP contribution in [0.1, 0.15) is 11.4 Å². The maximum absolute atomic E-state index is 9.93. The van der Waals surface area contributed by atoms with Gasteiger partial charge < -0.3 is 5.11 Å². The van der Waals surface area contributed by atoms with Gasteiger partial charge in [0.15, 0.2) is 11.6 Å². The number of hydrogen-bond acceptors (Lipinski definition) is 3. The van der Waals surface area contributed by atoms with Crippen molar-refractivity contribution in [2.45, 2.75) is 0 Å². The number of nitrogens with zero attached hydrogens (tertiary/aromatic N) is 3. The zero-order valence-electron chi connectivity index (χ0n) is 11.9. The SMILES string of the molecule is Cn1nc(/C=C/c2ccc(Br)cc2)nc1-c1ccccc1O. The third-order valence-electron chi connectivity index (χ3n) is 3.22. The minimum atomic E-state index is 0.196. The molecule has 0 saturated heterocycles. The summed E-state index contributed by atoms with van der Waals surface area (Å²) in [6.07, 6.45) is 3.81. The molecule has 0 radical (unpaired) electrons. The van der Waals surface area contributed by atoms with E-state index in [2.05, 4.69) is 26.0 Å². The van der Waals surface area contributed by atoms with Crippen LogP contribution >= 0.6 is 15.9 Å². The molecule has 0 aliphatic carbocycles. The zero-order valence-corrected chi connectivity index (χ0v) is 13.5. The summed E-state index contributed by atoms with van der Waals surface area (Å²) in [5.74, 6) is 1.43. The summed E-state index contributed by atoms with van der Waals surface area (Å²) in [5, 5.41) is 14.3. The summed E-state index contributed by atoms with van der Waals surface area (Å²) in [7, 11) is 1.81. The maximum Gasteiger partial charge on any atom is 0.174 e. The van der Waals surface area contributed by atoms with Crippen LogP contribution in [0, 0.1) is 0 Å². The van der Waals surface area contributed by atoms with Crippen molar-refractivity contribution in [3.8, 4) is 17.1 Å². The minimum absolute atomic E-state index is 0.196. The van der Waals surface area contributed by atoms with Crippen molar-refractivity contribution in [1.82, 2.24) is 14.8 Å². The van der Waals surface area contributed by atoms with Crippen LogP contribution in [0.15, 0.2) is 53.0 Å². The molecule has 1 heterocycles. The molecule has 0 fully saturated rings. The van der Waals surface area contributed by atoms with Crippen molar-refractivity contribution < 1.29 is 5.11 Å². The Morgan fingerprint density at radius 2 is 1.77 bits per heavy atom. The first-order valence-electron chi connectivity index (χ1n) is 6.76. The molecular formula is C17H14BrN3O. The third kappa shape index (κ3) is 3.09. The van der Waals surface area contributed by atoms with Crippen molar-refractivity contribution in [2.24, 2.45) is 7.05 Å². The van der Waals surface area contributed by atoms with Crippen molar-refractivity contribution >= 4 is 28.1 Å². The molecule has 1 aromatic heterocycles. The molecule has 0 amide bonds. The summed E-state index contributed by atoms with van der Waals surface area (Å²) in [6.45, 7) is 0. The number of rotatable bonds is 3. The van der Waals surface area contributed by atoms with Crippen LogP contribution in [-0.2, 0) is 7.05 Å². The summed E-state index contributed by atoms with van der Waals surface area (Å²) < 4.78 is 2.71. The van der Waals surface area contributed by atoms with E-state index in [-0.39, 0.29) is 5.75 Å². The molecule has 1 N–H and O–H groups in total. The molecule has 0 aliphatic rings. The van der Waals surface area contributed by atoms with E-state index < -0.39 is 0 Å². The standard InChI is InChI=1S/C17H14BrN3O/c1-21-17(14-4-2-3-5-15(14)22)19-16(20-21)11-8-12-6-9-13(18)10-7-12/h2-11,22H,1H3/b11-8+. The fraction of sp³-hybridized carbons (Fsp3) is 0.0588. The molecule has 110 valence electrons. The number of aryl methyl sites for hydroxylation is 1. The van der Waals surface area contributed by atoms with Gasteiger partial charge in [-0.3, -0.25) is 0 Å². The molecule has 22 heavy (non-hydrogen) atoms. The molecule has 0 aliphatic heterocycles. The van der Waals surface area contributed by atoms with Gasteiger partial charge in [0.1, 0.15) is 5.75 Å². The molecule has 2 aromatic carbocycles. The average molecular weight is 356 g/mol. The fourth-order valence-corrected chi connectivity index (χ4v) is 2.38. The molecule has 0 unspecified atom stereocenters. The molecule has 0 spiro atoms. The van der Waals surface area contributed by atoms with E-state index in [1.807, 2.05) is 55.6 Å². The zero-order chi connectivity index (χ0) is 15.5. The number of para-hydroxylation sites is 1. The molecule has 0 atom stereocenters. The van der Waals surface area contributed by atoms with E-state index in [0.29, 0.717) is 17.2 Å². The van der Waals surface area contributed by atoms with Crippen LogP contribution < -0.4 is 0 Å². The quantitative estimate of drug-likeness (QED) is 0.768. The Morgan fingerprint density at radius 1 is 1.05 bits per heavy atom. The Kier molecular flexibility index (Phi) is 4.06. The van der Waals surface area contributed by atoms with Gasteiger partial charge in [0.25, 0.3) is 0 Å². The number of aromatic nitrogens is 3.